The number of carbonyl (C=O) groups is 4. The topological polar surface area (TPSA) is 117 Å². The van der Waals surface area contributed by atoms with Crippen molar-refractivity contribution in [1.82, 2.24) is 14.7 Å². The van der Waals surface area contributed by atoms with E-state index in [0.29, 0.717) is 31.5 Å². The molecule has 34 heavy (non-hydrogen) atoms. The molecule has 184 valence electrons. The molecule has 0 aromatic carbocycles. The second kappa shape index (κ2) is 9.61. The Bertz CT molecular complexity index is 943. The lowest BCUT2D eigenvalue weighted by molar-refractivity contribution is -0.164. The van der Waals surface area contributed by atoms with Crippen LogP contribution in [-0.2, 0) is 23.9 Å². The van der Waals surface area contributed by atoms with E-state index in [1.807, 2.05) is 0 Å². The van der Waals surface area contributed by atoms with Gasteiger partial charge >= 0.3 is 12.1 Å². The summed E-state index contributed by atoms with van der Waals surface area (Å²) in [5.41, 5.74) is 0.896. The third-order valence-electron chi connectivity index (χ3n) is 7.14. The SMILES string of the molecule is C=CCOC(=O)C1=C2CN(C(=O)C3CCN(C(=O)OCC=C)C3)CC[C@@H]2[C@@H]2[C@@H]([C@@H](C)O)C(=O)N12. The second-order valence-electron chi connectivity index (χ2n) is 9.18. The number of aliphatic hydroxyl groups is 1. The molecule has 0 radical (unpaired) electrons. The lowest BCUT2D eigenvalue weighted by atomic mass is 9.74. The number of esters is 1. The van der Waals surface area contributed by atoms with Gasteiger partial charge in [-0.25, -0.2) is 9.59 Å². The fraction of sp³-hybridized carbons (Fsp3) is 0.583. The number of hydrogen-bond donors (Lipinski definition) is 1. The van der Waals surface area contributed by atoms with E-state index in [1.54, 1.807) is 11.8 Å². The summed E-state index contributed by atoms with van der Waals surface area (Å²) in [6, 6.07) is -0.298. The van der Waals surface area contributed by atoms with Crippen LogP contribution in [0.2, 0.25) is 0 Å². The van der Waals surface area contributed by atoms with Crippen molar-refractivity contribution in [3.05, 3.63) is 36.6 Å². The molecule has 10 nitrogen and oxygen atoms in total. The predicted octanol–water partition coefficient (Wildman–Crippen LogP) is 0.684. The summed E-state index contributed by atoms with van der Waals surface area (Å²) in [5.74, 6) is -2.04. The van der Waals surface area contributed by atoms with Crippen LogP contribution in [0.3, 0.4) is 0 Å². The van der Waals surface area contributed by atoms with Gasteiger partial charge in [-0.15, -0.1) is 0 Å². The Balaban J connectivity index is 1.50. The summed E-state index contributed by atoms with van der Waals surface area (Å²) < 4.78 is 10.3. The van der Waals surface area contributed by atoms with Crippen molar-refractivity contribution in [1.29, 1.82) is 0 Å². The summed E-state index contributed by atoms with van der Waals surface area (Å²) in [6.07, 6.45) is 2.76. The van der Waals surface area contributed by atoms with Crippen LogP contribution in [-0.4, -0.2) is 95.2 Å². The number of fused-ring (bicyclic) bond motifs is 3. The Morgan fingerprint density at radius 1 is 1.12 bits per heavy atom. The van der Waals surface area contributed by atoms with Gasteiger partial charge in [0.2, 0.25) is 11.8 Å². The van der Waals surface area contributed by atoms with Crippen LogP contribution in [0.25, 0.3) is 0 Å². The van der Waals surface area contributed by atoms with Crippen LogP contribution in [0.1, 0.15) is 19.8 Å². The molecule has 5 atom stereocenters. The molecule has 0 aromatic heterocycles. The standard InChI is InChI=1S/C24H31N3O7/c1-4-10-33-23(31)20-17-13-25(9-7-16(17)19-18(14(3)28)22(30)27(19)20)21(29)15-6-8-26(12-15)24(32)34-11-5-2/h4-5,14-16,18-19,28H,1-2,6-13H2,3H3/t14-,15?,16+,18-,19-/m1/s1. The molecule has 0 bridgehead atoms. The maximum absolute atomic E-state index is 13.3. The van der Waals surface area contributed by atoms with Gasteiger partial charge in [-0.3, -0.25) is 9.59 Å². The van der Waals surface area contributed by atoms with Crippen LogP contribution in [0.5, 0.6) is 0 Å². The number of hydrogen-bond acceptors (Lipinski definition) is 7. The molecule has 4 aliphatic rings. The molecule has 4 aliphatic heterocycles. The van der Waals surface area contributed by atoms with Gasteiger partial charge in [-0.1, -0.05) is 25.3 Å². The number of amides is 3. The number of likely N-dealkylation sites (tertiary alicyclic amines) is 2. The molecule has 3 saturated heterocycles. The number of piperidine rings is 1. The lowest BCUT2D eigenvalue weighted by Crippen LogP contribution is -2.64. The molecule has 10 heteroatoms. The summed E-state index contributed by atoms with van der Waals surface area (Å²) in [4.78, 5) is 55.7. The lowest BCUT2D eigenvalue weighted by Gasteiger charge is -2.48. The zero-order chi connectivity index (χ0) is 24.6. The maximum Gasteiger partial charge on any atom is 0.410 e. The van der Waals surface area contributed by atoms with Gasteiger partial charge in [0.15, 0.2) is 0 Å². The Labute approximate surface area is 198 Å². The van der Waals surface area contributed by atoms with E-state index in [2.05, 4.69) is 13.2 Å². The van der Waals surface area contributed by atoms with Crippen molar-refractivity contribution in [2.45, 2.75) is 31.9 Å². The molecule has 3 amide bonds. The number of carbonyl (C=O) groups excluding carboxylic acids is 4. The van der Waals surface area contributed by atoms with Crippen LogP contribution in [0.15, 0.2) is 36.6 Å². The van der Waals surface area contributed by atoms with Gasteiger partial charge in [0.05, 0.1) is 24.0 Å². The Morgan fingerprint density at radius 2 is 1.79 bits per heavy atom. The molecule has 0 aromatic rings. The van der Waals surface area contributed by atoms with E-state index < -0.39 is 24.1 Å². The summed E-state index contributed by atoms with van der Waals surface area (Å²) in [5, 5.41) is 10.1. The zero-order valence-electron chi connectivity index (χ0n) is 19.4. The largest absolute Gasteiger partial charge is 0.457 e. The number of nitrogens with zero attached hydrogens (tertiary/aromatic N) is 3. The molecule has 4 rings (SSSR count). The maximum atomic E-state index is 13.3. The van der Waals surface area contributed by atoms with E-state index in [0.717, 1.165) is 0 Å². The number of β-lactam (4-membered cyclic amide) rings is 1. The van der Waals surface area contributed by atoms with Crippen molar-refractivity contribution in [3.63, 3.8) is 0 Å². The molecule has 0 saturated carbocycles. The summed E-state index contributed by atoms with van der Waals surface area (Å²) in [6.45, 7) is 10.2. The summed E-state index contributed by atoms with van der Waals surface area (Å²) in [7, 11) is 0. The van der Waals surface area contributed by atoms with Gasteiger partial charge in [0.25, 0.3) is 0 Å². The molecule has 1 unspecified atom stereocenters. The number of ether oxygens (including phenoxy) is 2. The van der Waals surface area contributed by atoms with Crippen LogP contribution < -0.4 is 0 Å². The minimum absolute atomic E-state index is 0.00924. The highest BCUT2D eigenvalue weighted by Gasteiger charge is 2.62. The highest BCUT2D eigenvalue weighted by molar-refractivity contribution is 6.01. The van der Waals surface area contributed by atoms with E-state index in [-0.39, 0.29) is 61.7 Å². The molecular weight excluding hydrogens is 442 g/mol. The van der Waals surface area contributed by atoms with Crippen LogP contribution in [0.4, 0.5) is 4.79 Å². The third-order valence-corrected chi connectivity index (χ3v) is 7.14. The van der Waals surface area contributed by atoms with E-state index in [9.17, 15) is 24.3 Å². The average molecular weight is 474 g/mol. The first-order valence-electron chi connectivity index (χ1n) is 11.6. The highest BCUT2D eigenvalue weighted by Crippen LogP contribution is 2.50. The van der Waals surface area contributed by atoms with Crippen molar-refractivity contribution in [2.24, 2.45) is 17.8 Å². The minimum Gasteiger partial charge on any atom is -0.457 e. The zero-order valence-corrected chi connectivity index (χ0v) is 19.4. The fourth-order valence-electron chi connectivity index (χ4n) is 5.59. The first kappa shape index (κ1) is 24.0. The fourth-order valence-corrected chi connectivity index (χ4v) is 5.59. The van der Waals surface area contributed by atoms with Crippen molar-refractivity contribution < 1.29 is 33.8 Å². The molecule has 1 N–H and O–H groups in total. The number of aliphatic hydroxyl groups excluding tert-OH is 1. The van der Waals surface area contributed by atoms with Crippen LogP contribution in [0, 0.1) is 17.8 Å². The Morgan fingerprint density at radius 3 is 2.47 bits per heavy atom. The third kappa shape index (κ3) is 4.00. The average Bonchev–Trinajstić information content (AvgIpc) is 3.41. The minimum atomic E-state index is -0.830. The first-order valence-corrected chi connectivity index (χ1v) is 11.6. The van der Waals surface area contributed by atoms with E-state index in [1.165, 1.54) is 22.0 Å². The van der Waals surface area contributed by atoms with Gasteiger partial charge in [0.1, 0.15) is 18.9 Å². The molecule has 0 spiro atoms. The molecular formula is C24H31N3O7. The molecule has 3 fully saturated rings. The van der Waals surface area contributed by atoms with E-state index in [4.69, 9.17) is 9.47 Å². The van der Waals surface area contributed by atoms with Gasteiger partial charge < -0.3 is 29.3 Å². The number of rotatable bonds is 7. The normalized spacial score (nSPS) is 28.6. The molecule has 4 heterocycles. The molecule has 0 aliphatic carbocycles. The monoisotopic (exact) mass is 473 g/mol. The smallest absolute Gasteiger partial charge is 0.410 e. The second-order valence-corrected chi connectivity index (χ2v) is 9.18. The van der Waals surface area contributed by atoms with Gasteiger partial charge in [-0.2, -0.15) is 0 Å². The quantitative estimate of drug-likeness (QED) is 0.328. The Kier molecular flexibility index (Phi) is 6.79. The van der Waals surface area contributed by atoms with Crippen LogP contribution >= 0.6 is 0 Å². The highest BCUT2D eigenvalue weighted by atomic mass is 16.6. The van der Waals surface area contributed by atoms with Crippen molar-refractivity contribution in [3.8, 4) is 0 Å². The van der Waals surface area contributed by atoms with Crippen molar-refractivity contribution in [2.75, 3.05) is 39.4 Å². The van der Waals surface area contributed by atoms with Gasteiger partial charge in [0, 0.05) is 32.1 Å². The predicted molar refractivity (Wildman–Crippen MR) is 120 cm³/mol. The Hall–Kier alpha value is -3.14. The first-order chi connectivity index (χ1) is 16.3. The van der Waals surface area contributed by atoms with Crippen molar-refractivity contribution >= 4 is 23.9 Å². The van der Waals surface area contributed by atoms with E-state index >= 15 is 0 Å². The summed E-state index contributed by atoms with van der Waals surface area (Å²) >= 11 is 0. The van der Waals surface area contributed by atoms with Gasteiger partial charge in [-0.05, 0) is 25.3 Å².